The number of amides is 2. The summed E-state index contributed by atoms with van der Waals surface area (Å²) in [5, 5.41) is 8.71. The highest BCUT2D eigenvalue weighted by Crippen LogP contribution is 2.10. The van der Waals surface area contributed by atoms with Crippen LogP contribution in [0.25, 0.3) is 0 Å². The number of hydrogen-bond donors (Lipinski definition) is 3. The van der Waals surface area contributed by atoms with Crippen molar-refractivity contribution < 1.29 is 9.59 Å². The number of carbonyl (C=O) groups is 2. The van der Waals surface area contributed by atoms with Crippen LogP contribution in [0.4, 0.5) is 5.69 Å². The highest BCUT2D eigenvalue weighted by Gasteiger charge is 2.15. The Morgan fingerprint density at radius 2 is 1.71 bits per heavy atom. The SMILES string of the molecule is CCCNCC(=O)Nc1ccc(C(=O)NC(C)(C)C)cc1. The van der Waals surface area contributed by atoms with E-state index in [9.17, 15) is 9.59 Å². The Hall–Kier alpha value is -1.88. The lowest BCUT2D eigenvalue weighted by Gasteiger charge is -2.20. The molecule has 0 aromatic heterocycles. The van der Waals surface area contributed by atoms with Crippen molar-refractivity contribution in [3.8, 4) is 0 Å². The maximum Gasteiger partial charge on any atom is 0.251 e. The maximum absolute atomic E-state index is 12.0. The van der Waals surface area contributed by atoms with Gasteiger partial charge in [0.05, 0.1) is 6.54 Å². The van der Waals surface area contributed by atoms with E-state index in [0.29, 0.717) is 17.8 Å². The fraction of sp³-hybridized carbons (Fsp3) is 0.500. The normalized spacial score (nSPS) is 11.0. The highest BCUT2D eigenvalue weighted by molar-refractivity contribution is 5.96. The number of nitrogens with one attached hydrogen (secondary N) is 3. The molecule has 5 nitrogen and oxygen atoms in total. The van der Waals surface area contributed by atoms with Gasteiger partial charge in [-0.05, 0) is 58.0 Å². The van der Waals surface area contributed by atoms with Gasteiger partial charge in [-0.25, -0.2) is 0 Å². The zero-order chi connectivity index (χ0) is 15.9. The van der Waals surface area contributed by atoms with Gasteiger partial charge in [0.25, 0.3) is 5.91 Å². The molecular weight excluding hydrogens is 266 g/mol. The first-order valence-electron chi connectivity index (χ1n) is 7.25. The predicted octanol–water partition coefficient (Wildman–Crippen LogP) is 2.15. The van der Waals surface area contributed by atoms with Crippen molar-refractivity contribution in [2.75, 3.05) is 18.4 Å². The smallest absolute Gasteiger partial charge is 0.251 e. The zero-order valence-corrected chi connectivity index (χ0v) is 13.2. The summed E-state index contributed by atoms with van der Waals surface area (Å²) in [6.45, 7) is 8.96. The van der Waals surface area contributed by atoms with Crippen LogP contribution in [-0.2, 0) is 4.79 Å². The summed E-state index contributed by atoms with van der Waals surface area (Å²) in [6, 6.07) is 6.87. The summed E-state index contributed by atoms with van der Waals surface area (Å²) < 4.78 is 0. The molecule has 0 saturated carbocycles. The van der Waals surface area contributed by atoms with Crippen LogP contribution in [-0.4, -0.2) is 30.4 Å². The molecule has 116 valence electrons. The second-order valence-electron chi connectivity index (χ2n) is 6.01. The fourth-order valence-electron chi connectivity index (χ4n) is 1.70. The summed E-state index contributed by atoms with van der Waals surface area (Å²) in [4.78, 5) is 23.6. The summed E-state index contributed by atoms with van der Waals surface area (Å²) in [6.07, 6.45) is 0.991. The van der Waals surface area contributed by atoms with Gasteiger partial charge in [-0.1, -0.05) is 6.92 Å². The average Bonchev–Trinajstić information content (AvgIpc) is 2.38. The Labute approximate surface area is 126 Å². The van der Waals surface area contributed by atoms with E-state index < -0.39 is 0 Å². The molecule has 0 unspecified atom stereocenters. The van der Waals surface area contributed by atoms with Gasteiger partial charge in [-0.3, -0.25) is 9.59 Å². The van der Waals surface area contributed by atoms with E-state index in [0.717, 1.165) is 13.0 Å². The molecule has 3 N–H and O–H groups in total. The Morgan fingerprint density at radius 3 is 2.24 bits per heavy atom. The third-order valence-electron chi connectivity index (χ3n) is 2.63. The lowest BCUT2D eigenvalue weighted by Crippen LogP contribution is -2.40. The molecule has 0 heterocycles. The number of carbonyl (C=O) groups excluding carboxylic acids is 2. The summed E-state index contributed by atoms with van der Waals surface area (Å²) >= 11 is 0. The number of rotatable bonds is 6. The lowest BCUT2D eigenvalue weighted by molar-refractivity contribution is -0.115. The van der Waals surface area contributed by atoms with Gasteiger partial charge in [-0.15, -0.1) is 0 Å². The molecule has 0 spiro atoms. The molecule has 0 aliphatic rings. The molecule has 1 rings (SSSR count). The summed E-state index contributed by atoms with van der Waals surface area (Å²) in [7, 11) is 0. The molecule has 5 heteroatoms. The Morgan fingerprint density at radius 1 is 1.10 bits per heavy atom. The van der Waals surface area contributed by atoms with Gasteiger partial charge in [0, 0.05) is 16.8 Å². The molecule has 2 amide bonds. The van der Waals surface area contributed by atoms with Crippen LogP contribution in [0.5, 0.6) is 0 Å². The minimum Gasteiger partial charge on any atom is -0.347 e. The summed E-state index contributed by atoms with van der Waals surface area (Å²) in [5.74, 6) is -0.208. The predicted molar refractivity (Wildman–Crippen MR) is 85.5 cm³/mol. The number of hydrogen-bond acceptors (Lipinski definition) is 3. The largest absolute Gasteiger partial charge is 0.347 e. The topological polar surface area (TPSA) is 70.2 Å². The Balaban J connectivity index is 2.54. The van der Waals surface area contributed by atoms with E-state index in [1.54, 1.807) is 24.3 Å². The molecule has 0 radical (unpaired) electrons. The minimum absolute atomic E-state index is 0.0876. The van der Waals surface area contributed by atoms with Crippen molar-refractivity contribution in [1.82, 2.24) is 10.6 Å². The number of benzene rings is 1. The first kappa shape index (κ1) is 17.2. The van der Waals surface area contributed by atoms with Gasteiger partial charge in [0.15, 0.2) is 0 Å². The van der Waals surface area contributed by atoms with Gasteiger partial charge < -0.3 is 16.0 Å². The Kier molecular flexibility index (Phi) is 6.37. The van der Waals surface area contributed by atoms with Crippen molar-refractivity contribution in [1.29, 1.82) is 0 Å². The van der Waals surface area contributed by atoms with Crippen molar-refractivity contribution in [3.63, 3.8) is 0 Å². The molecule has 0 atom stereocenters. The first-order chi connectivity index (χ1) is 9.81. The lowest BCUT2D eigenvalue weighted by atomic mass is 10.1. The molecule has 0 bridgehead atoms. The van der Waals surface area contributed by atoms with Crippen molar-refractivity contribution >= 4 is 17.5 Å². The third kappa shape index (κ3) is 6.90. The van der Waals surface area contributed by atoms with Crippen LogP contribution in [0, 0.1) is 0 Å². The van der Waals surface area contributed by atoms with Gasteiger partial charge in [0.1, 0.15) is 0 Å². The summed E-state index contributed by atoms with van der Waals surface area (Å²) in [5.41, 5.74) is 0.993. The van der Waals surface area contributed by atoms with Gasteiger partial charge in [0.2, 0.25) is 5.91 Å². The van der Waals surface area contributed by atoms with Crippen LogP contribution < -0.4 is 16.0 Å². The molecule has 0 saturated heterocycles. The molecule has 0 aliphatic heterocycles. The standard InChI is InChI=1S/C16H25N3O2/c1-5-10-17-11-14(20)18-13-8-6-12(7-9-13)15(21)19-16(2,3)4/h6-9,17H,5,10-11H2,1-4H3,(H,18,20)(H,19,21). The first-order valence-corrected chi connectivity index (χ1v) is 7.25. The average molecular weight is 291 g/mol. The second kappa shape index (κ2) is 7.78. The Bertz CT molecular complexity index is 475. The third-order valence-corrected chi connectivity index (χ3v) is 2.63. The van der Waals surface area contributed by atoms with E-state index in [1.807, 2.05) is 27.7 Å². The number of anilines is 1. The fourth-order valence-corrected chi connectivity index (χ4v) is 1.70. The van der Waals surface area contributed by atoms with Crippen LogP contribution >= 0.6 is 0 Å². The van der Waals surface area contributed by atoms with E-state index in [2.05, 4.69) is 16.0 Å². The van der Waals surface area contributed by atoms with Crippen molar-refractivity contribution in [2.45, 2.75) is 39.7 Å². The van der Waals surface area contributed by atoms with Gasteiger partial charge >= 0.3 is 0 Å². The van der Waals surface area contributed by atoms with Crippen LogP contribution in [0.2, 0.25) is 0 Å². The maximum atomic E-state index is 12.0. The van der Waals surface area contributed by atoms with Crippen LogP contribution in [0.15, 0.2) is 24.3 Å². The van der Waals surface area contributed by atoms with E-state index >= 15 is 0 Å². The molecule has 0 aliphatic carbocycles. The minimum atomic E-state index is -0.269. The van der Waals surface area contributed by atoms with Crippen LogP contribution in [0.3, 0.4) is 0 Å². The zero-order valence-electron chi connectivity index (χ0n) is 13.2. The van der Waals surface area contributed by atoms with Crippen LogP contribution in [0.1, 0.15) is 44.5 Å². The quantitative estimate of drug-likeness (QED) is 0.703. The van der Waals surface area contributed by atoms with Crippen molar-refractivity contribution in [3.05, 3.63) is 29.8 Å². The van der Waals surface area contributed by atoms with Crippen molar-refractivity contribution in [2.24, 2.45) is 0 Å². The second-order valence-corrected chi connectivity index (χ2v) is 6.01. The molecule has 0 fully saturated rings. The van der Waals surface area contributed by atoms with E-state index in [1.165, 1.54) is 0 Å². The van der Waals surface area contributed by atoms with E-state index in [4.69, 9.17) is 0 Å². The molecule has 21 heavy (non-hydrogen) atoms. The molecular formula is C16H25N3O2. The monoisotopic (exact) mass is 291 g/mol. The van der Waals surface area contributed by atoms with Gasteiger partial charge in [-0.2, -0.15) is 0 Å². The molecule has 1 aromatic rings. The van der Waals surface area contributed by atoms with E-state index in [-0.39, 0.29) is 17.4 Å². The highest BCUT2D eigenvalue weighted by atomic mass is 16.2. The molecule has 1 aromatic carbocycles.